The Morgan fingerprint density at radius 2 is 0.721 bits per heavy atom. The average Bonchev–Trinajstić information content (AvgIpc) is 3.40. The molecule has 0 N–H and O–H groups in total. The van der Waals surface area contributed by atoms with Gasteiger partial charge >= 0.3 is 0 Å². The smallest absolute Gasteiger partial charge is 0.163 e. The van der Waals surface area contributed by atoms with Crippen molar-refractivity contribution in [3.8, 4) is 45.0 Å². The van der Waals surface area contributed by atoms with E-state index in [2.05, 4.69) is 127 Å². The Hall–Kier alpha value is -5.67. The summed E-state index contributed by atoms with van der Waals surface area (Å²) in [7, 11) is 0. The highest BCUT2D eigenvalue weighted by molar-refractivity contribution is 5.86. The van der Waals surface area contributed by atoms with Crippen molar-refractivity contribution in [2.45, 2.75) is 5.41 Å². The number of aromatic nitrogens is 3. The molecule has 1 heterocycles. The van der Waals surface area contributed by atoms with Crippen LogP contribution in [-0.2, 0) is 5.41 Å². The maximum atomic E-state index is 5.32. The summed E-state index contributed by atoms with van der Waals surface area (Å²) in [6, 6.07) is 57.2. The molecule has 3 heteroatoms. The normalized spacial score (nSPS) is 12.8. The number of hydrogen-bond donors (Lipinski definition) is 0. The summed E-state index contributed by atoms with van der Waals surface area (Å²) in [5.74, 6) is 2.03. The zero-order chi connectivity index (χ0) is 28.6. The summed E-state index contributed by atoms with van der Waals surface area (Å²) in [5, 5.41) is 0. The predicted molar refractivity (Wildman–Crippen MR) is 173 cm³/mol. The maximum absolute atomic E-state index is 5.32. The first-order valence-electron chi connectivity index (χ1n) is 14.5. The number of hydrogen-bond acceptors (Lipinski definition) is 3. The van der Waals surface area contributed by atoms with Crippen molar-refractivity contribution in [2.75, 3.05) is 0 Å². The van der Waals surface area contributed by atoms with E-state index in [0.29, 0.717) is 17.5 Å². The van der Waals surface area contributed by atoms with Gasteiger partial charge in [0.05, 0.1) is 0 Å². The first kappa shape index (κ1) is 25.1. The molecule has 0 fully saturated rings. The summed E-state index contributed by atoms with van der Waals surface area (Å²) in [4.78, 5) is 15.6. The van der Waals surface area contributed by atoms with Crippen LogP contribution in [0.1, 0.15) is 22.5 Å². The van der Waals surface area contributed by atoms with E-state index >= 15 is 0 Å². The SMILES string of the molecule is c1ccc(-c2ccc(C3(c4nc(-c5ccccc5)nc(-c5ccccc5)n4)c4ccccc4-c4ccccc43)cc2)cc1. The molecule has 0 atom stereocenters. The zero-order valence-corrected chi connectivity index (χ0v) is 23.4. The molecular formula is C40H27N3. The van der Waals surface area contributed by atoms with Crippen molar-refractivity contribution >= 4 is 0 Å². The first-order chi connectivity index (χ1) is 21.3. The average molecular weight is 550 g/mol. The molecule has 0 unspecified atom stereocenters. The van der Waals surface area contributed by atoms with Gasteiger partial charge in [-0.05, 0) is 38.9 Å². The molecule has 202 valence electrons. The highest BCUT2D eigenvalue weighted by Gasteiger charge is 2.48. The summed E-state index contributed by atoms with van der Waals surface area (Å²) in [5.41, 5.74) is 9.40. The minimum atomic E-state index is -0.738. The summed E-state index contributed by atoms with van der Waals surface area (Å²) in [6.07, 6.45) is 0. The number of benzene rings is 6. The van der Waals surface area contributed by atoms with Crippen LogP contribution < -0.4 is 0 Å². The third-order valence-corrected chi connectivity index (χ3v) is 8.41. The van der Waals surface area contributed by atoms with Crippen molar-refractivity contribution < 1.29 is 0 Å². The molecule has 7 aromatic rings. The quantitative estimate of drug-likeness (QED) is 0.215. The predicted octanol–water partition coefficient (Wildman–Crippen LogP) is 9.24. The van der Waals surface area contributed by atoms with Crippen LogP contribution in [0.5, 0.6) is 0 Å². The largest absolute Gasteiger partial charge is 0.211 e. The van der Waals surface area contributed by atoms with Crippen molar-refractivity contribution in [1.29, 1.82) is 0 Å². The fourth-order valence-electron chi connectivity index (χ4n) is 6.44. The van der Waals surface area contributed by atoms with Gasteiger partial charge in [0.1, 0.15) is 5.41 Å². The molecule has 3 nitrogen and oxygen atoms in total. The van der Waals surface area contributed by atoms with Gasteiger partial charge in [0.25, 0.3) is 0 Å². The van der Waals surface area contributed by atoms with E-state index in [1.165, 1.54) is 33.4 Å². The second-order valence-electron chi connectivity index (χ2n) is 10.8. The first-order valence-corrected chi connectivity index (χ1v) is 14.5. The Morgan fingerprint density at radius 1 is 0.326 bits per heavy atom. The number of rotatable bonds is 5. The summed E-state index contributed by atoms with van der Waals surface area (Å²) >= 11 is 0. The Balaban J connectivity index is 1.45. The zero-order valence-electron chi connectivity index (χ0n) is 23.4. The fourth-order valence-corrected chi connectivity index (χ4v) is 6.44. The molecule has 1 aromatic heterocycles. The molecule has 0 amide bonds. The Kier molecular flexibility index (Phi) is 6.01. The van der Waals surface area contributed by atoms with Gasteiger partial charge in [-0.3, -0.25) is 0 Å². The van der Waals surface area contributed by atoms with Gasteiger partial charge in [0.15, 0.2) is 17.5 Å². The van der Waals surface area contributed by atoms with E-state index in [4.69, 9.17) is 15.0 Å². The third-order valence-electron chi connectivity index (χ3n) is 8.41. The standard InChI is InChI=1S/C40H27N3/c1-4-14-28(15-5-1)29-24-26-32(27-25-29)40(35-22-12-10-20-33(35)34-21-11-13-23-36(34)40)39-42-37(30-16-6-2-7-17-30)41-38(43-39)31-18-8-3-9-19-31/h1-27H. The second kappa shape index (κ2) is 10.3. The van der Waals surface area contributed by atoms with E-state index in [-0.39, 0.29) is 0 Å². The van der Waals surface area contributed by atoms with E-state index in [9.17, 15) is 0 Å². The van der Waals surface area contributed by atoms with Crippen LogP contribution in [0.15, 0.2) is 164 Å². The highest BCUT2D eigenvalue weighted by Crippen LogP contribution is 2.55. The van der Waals surface area contributed by atoms with E-state index < -0.39 is 5.41 Å². The molecule has 1 aliphatic carbocycles. The van der Waals surface area contributed by atoms with Crippen LogP contribution in [0.3, 0.4) is 0 Å². The van der Waals surface area contributed by atoms with E-state index in [1.807, 2.05) is 36.4 Å². The molecule has 0 aliphatic heterocycles. The Morgan fingerprint density at radius 3 is 1.21 bits per heavy atom. The third kappa shape index (κ3) is 4.09. The summed E-state index contributed by atoms with van der Waals surface area (Å²) in [6.45, 7) is 0. The minimum Gasteiger partial charge on any atom is -0.211 e. The Bertz CT molecular complexity index is 1950. The maximum Gasteiger partial charge on any atom is 0.163 e. The monoisotopic (exact) mass is 549 g/mol. The van der Waals surface area contributed by atoms with Gasteiger partial charge in [-0.25, -0.2) is 15.0 Å². The lowest BCUT2D eigenvalue weighted by atomic mass is 9.71. The van der Waals surface area contributed by atoms with Crippen LogP contribution in [0.25, 0.3) is 45.0 Å². The molecule has 0 saturated carbocycles. The summed E-state index contributed by atoms with van der Waals surface area (Å²) < 4.78 is 0. The minimum absolute atomic E-state index is 0.659. The van der Waals surface area contributed by atoms with Gasteiger partial charge in [-0.2, -0.15) is 0 Å². The molecule has 0 bridgehead atoms. The highest BCUT2D eigenvalue weighted by atomic mass is 15.0. The Labute approximate surface area is 251 Å². The van der Waals surface area contributed by atoms with Crippen LogP contribution >= 0.6 is 0 Å². The fraction of sp³-hybridized carbons (Fsp3) is 0.0250. The van der Waals surface area contributed by atoms with E-state index in [1.54, 1.807) is 0 Å². The molecular weight excluding hydrogens is 522 g/mol. The van der Waals surface area contributed by atoms with Crippen LogP contribution in [0.2, 0.25) is 0 Å². The lowest BCUT2D eigenvalue weighted by molar-refractivity contribution is 0.692. The molecule has 8 rings (SSSR count). The van der Waals surface area contributed by atoms with Crippen molar-refractivity contribution in [3.05, 3.63) is 186 Å². The topological polar surface area (TPSA) is 38.7 Å². The number of nitrogens with zero attached hydrogens (tertiary/aromatic N) is 3. The van der Waals surface area contributed by atoms with Gasteiger partial charge in [0, 0.05) is 11.1 Å². The molecule has 0 saturated heterocycles. The lowest BCUT2D eigenvalue weighted by Crippen LogP contribution is -2.31. The molecule has 0 spiro atoms. The molecule has 6 aromatic carbocycles. The van der Waals surface area contributed by atoms with Crippen molar-refractivity contribution in [1.82, 2.24) is 15.0 Å². The second-order valence-corrected chi connectivity index (χ2v) is 10.8. The van der Waals surface area contributed by atoms with Crippen LogP contribution in [0, 0.1) is 0 Å². The van der Waals surface area contributed by atoms with Gasteiger partial charge < -0.3 is 0 Å². The van der Waals surface area contributed by atoms with Gasteiger partial charge in [0.2, 0.25) is 0 Å². The molecule has 1 aliphatic rings. The van der Waals surface area contributed by atoms with Crippen molar-refractivity contribution in [3.63, 3.8) is 0 Å². The van der Waals surface area contributed by atoms with Crippen LogP contribution in [-0.4, -0.2) is 15.0 Å². The molecule has 0 radical (unpaired) electrons. The van der Waals surface area contributed by atoms with Crippen LogP contribution in [0.4, 0.5) is 0 Å². The lowest BCUT2D eigenvalue weighted by Gasteiger charge is -2.32. The van der Waals surface area contributed by atoms with E-state index in [0.717, 1.165) is 16.7 Å². The van der Waals surface area contributed by atoms with Gasteiger partial charge in [-0.1, -0.05) is 164 Å². The molecule has 43 heavy (non-hydrogen) atoms. The van der Waals surface area contributed by atoms with Gasteiger partial charge in [-0.15, -0.1) is 0 Å². The number of fused-ring (bicyclic) bond motifs is 3. The van der Waals surface area contributed by atoms with Crippen molar-refractivity contribution in [2.24, 2.45) is 0 Å².